The van der Waals surface area contributed by atoms with Crippen molar-refractivity contribution in [1.82, 2.24) is 24.6 Å². The number of carbonyl (C=O) groups excluding carboxylic acids is 1. The van der Waals surface area contributed by atoms with Gasteiger partial charge in [0, 0.05) is 22.8 Å². The van der Waals surface area contributed by atoms with Gasteiger partial charge in [0.2, 0.25) is 5.88 Å². The van der Waals surface area contributed by atoms with Crippen LogP contribution in [-0.2, 0) is 0 Å². The first-order valence-corrected chi connectivity index (χ1v) is 11.3. The number of hydrogen-bond donors (Lipinski definition) is 2. The molecule has 5 rings (SSSR count). The maximum atomic E-state index is 12.2. The standard InChI is InChI=1S/C24H17Cl2N7O3/c1-35-21-8-9-33-22(32-21)18(13-29-33)14-2-5-17(6-3-14)36-24-27-11-16(12-28-24)30-23(34)31-20-7-4-15(25)10-19(20)26/h2-13H,1H3,(H2,30,31,34). The highest BCUT2D eigenvalue weighted by atomic mass is 35.5. The van der Waals surface area contributed by atoms with E-state index in [-0.39, 0.29) is 6.01 Å². The van der Waals surface area contributed by atoms with E-state index in [0.29, 0.717) is 38.7 Å². The number of nitrogens with zero attached hydrogens (tertiary/aromatic N) is 5. The SMILES string of the molecule is COc1ccn2ncc(-c3ccc(Oc4ncc(NC(=O)Nc5ccc(Cl)cc5Cl)cn4)cc3)c2n1. The summed E-state index contributed by atoms with van der Waals surface area (Å²) in [7, 11) is 1.57. The van der Waals surface area contributed by atoms with E-state index in [2.05, 4.69) is 30.7 Å². The van der Waals surface area contributed by atoms with Crippen molar-refractivity contribution in [2.24, 2.45) is 0 Å². The second-order valence-electron chi connectivity index (χ2n) is 7.38. The molecule has 0 saturated heterocycles. The summed E-state index contributed by atoms with van der Waals surface area (Å²) < 4.78 is 12.6. The van der Waals surface area contributed by atoms with Crippen molar-refractivity contribution in [2.45, 2.75) is 0 Å². The second-order valence-corrected chi connectivity index (χ2v) is 8.22. The summed E-state index contributed by atoms with van der Waals surface area (Å²) in [5.41, 5.74) is 3.23. The lowest BCUT2D eigenvalue weighted by Crippen LogP contribution is -2.19. The number of anilines is 2. The maximum Gasteiger partial charge on any atom is 0.323 e. The normalized spacial score (nSPS) is 10.8. The Balaban J connectivity index is 1.22. The first kappa shape index (κ1) is 23.3. The van der Waals surface area contributed by atoms with Crippen LogP contribution in [-0.4, -0.2) is 37.7 Å². The van der Waals surface area contributed by atoms with Gasteiger partial charge in [-0.3, -0.25) is 0 Å². The van der Waals surface area contributed by atoms with E-state index >= 15 is 0 Å². The summed E-state index contributed by atoms with van der Waals surface area (Å²) in [4.78, 5) is 25.0. The molecule has 0 aliphatic heterocycles. The van der Waals surface area contributed by atoms with Crippen molar-refractivity contribution < 1.29 is 14.3 Å². The number of fused-ring (bicyclic) bond motifs is 1. The van der Waals surface area contributed by atoms with Crippen LogP contribution in [0.3, 0.4) is 0 Å². The monoisotopic (exact) mass is 521 g/mol. The Morgan fingerprint density at radius 2 is 1.75 bits per heavy atom. The number of rotatable bonds is 6. The molecule has 0 aliphatic carbocycles. The molecule has 0 bridgehead atoms. The Kier molecular flexibility index (Phi) is 6.52. The fourth-order valence-electron chi connectivity index (χ4n) is 3.29. The molecule has 0 aliphatic rings. The molecule has 2 aromatic carbocycles. The minimum Gasteiger partial charge on any atom is -0.481 e. The van der Waals surface area contributed by atoms with Gasteiger partial charge in [-0.15, -0.1) is 0 Å². The third-order valence-electron chi connectivity index (χ3n) is 4.99. The van der Waals surface area contributed by atoms with Crippen LogP contribution in [0.1, 0.15) is 0 Å². The van der Waals surface area contributed by atoms with Gasteiger partial charge in [-0.05, 0) is 35.9 Å². The minimum atomic E-state index is -0.508. The van der Waals surface area contributed by atoms with Crippen LogP contribution in [0.5, 0.6) is 17.6 Å². The zero-order valence-electron chi connectivity index (χ0n) is 18.6. The molecule has 12 heteroatoms. The minimum absolute atomic E-state index is 0.122. The molecular weight excluding hydrogens is 505 g/mol. The van der Waals surface area contributed by atoms with Crippen LogP contribution >= 0.6 is 23.2 Å². The highest BCUT2D eigenvalue weighted by Crippen LogP contribution is 2.28. The zero-order chi connectivity index (χ0) is 25.1. The first-order chi connectivity index (χ1) is 17.5. The summed E-state index contributed by atoms with van der Waals surface area (Å²) in [5.74, 6) is 1.04. The Bertz CT molecular complexity index is 1540. The van der Waals surface area contributed by atoms with Crippen LogP contribution in [0.2, 0.25) is 10.0 Å². The number of ether oxygens (including phenoxy) is 2. The summed E-state index contributed by atoms with van der Waals surface area (Å²) in [6.07, 6.45) is 6.38. The first-order valence-electron chi connectivity index (χ1n) is 10.5. The molecule has 0 spiro atoms. The molecule has 180 valence electrons. The molecule has 2 N–H and O–H groups in total. The lowest BCUT2D eigenvalue weighted by molar-refractivity contribution is 0.262. The third-order valence-corrected chi connectivity index (χ3v) is 5.54. The van der Waals surface area contributed by atoms with Gasteiger partial charge in [0.1, 0.15) is 5.75 Å². The number of urea groups is 1. The number of nitrogens with one attached hydrogen (secondary N) is 2. The van der Waals surface area contributed by atoms with E-state index in [0.717, 1.165) is 11.1 Å². The third kappa shape index (κ3) is 5.14. The number of benzene rings is 2. The average molecular weight is 522 g/mol. The predicted octanol–water partition coefficient (Wildman–Crippen LogP) is 5.94. The average Bonchev–Trinajstić information content (AvgIpc) is 3.30. The van der Waals surface area contributed by atoms with Gasteiger partial charge in [-0.25, -0.2) is 19.3 Å². The van der Waals surface area contributed by atoms with Gasteiger partial charge in [0.15, 0.2) is 5.65 Å². The molecule has 5 aromatic rings. The van der Waals surface area contributed by atoms with E-state index in [9.17, 15) is 4.79 Å². The van der Waals surface area contributed by atoms with Gasteiger partial charge in [-0.1, -0.05) is 35.3 Å². The molecular formula is C24H17Cl2N7O3. The summed E-state index contributed by atoms with van der Waals surface area (Å²) in [6, 6.07) is 13.5. The predicted molar refractivity (Wildman–Crippen MR) is 136 cm³/mol. The molecule has 3 aromatic heterocycles. The second kappa shape index (κ2) is 10.1. The van der Waals surface area contributed by atoms with Crippen LogP contribution in [0.4, 0.5) is 16.2 Å². The number of methoxy groups -OCH3 is 1. The van der Waals surface area contributed by atoms with Gasteiger partial charge >= 0.3 is 12.0 Å². The van der Waals surface area contributed by atoms with E-state index in [1.807, 2.05) is 12.1 Å². The lowest BCUT2D eigenvalue weighted by atomic mass is 10.1. The highest BCUT2D eigenvalue weighted by Gasteiger charge is 2.11. The molecule has 0 radical (unpaired) electrons. The van der Waals surface area contributed by atoms with Crippen molar-refractivity contribution in [3.8, 4) is 28.8 Å². The van der Waals surface area contributed by atoms with Gasteiger partial charge in [-0.2, -0.15) is 10.1 Å². The Hall–Kier alpha value is -4.41. The molecule has 0 unspecified atom stereocenters. The zero-order valence-corrected chi connectivity index (χ0v) is 20.2. The number of hydrogen-bond acceptors (Lipinski definition) is 7. The molecule has 10 nitrogen and oxygen atoms in total. The lowest BCUT2D eigenvalue weighted by Gasteiger charge is -2.09. The highest BCUT2D eigenvalue weighted by molar-refractivity contribution is 6.36. The number of aromatic nitrogens is 5. The van der Waals surface area contributed by atoms with Crippen LogP contribution in [0.25, 0.3) is 16.8 Å². The molecule has 36 heavy (non-hydrogen) atoms. The van der Waals surface area contributed by atoms with Gasteiger partial charge < -0.3 is 20.1 Å². The van der Waals surface area contributed by atoms with Crippen molar-refractivity contribution in [3.63, 3.8) is 0 Å². The number of halogens is 2. The molecule has 0 fully saturated rings. The molecule has 0 saturated carbocycles. The smallest absolute Gasteiger partial charge is 0.323 e. The van der Waals surface area contributed by atoms with Gasteiger partial charge in [0.05, 0.1) is 42.1 Å². The molecule has 0 atom stereocenters. The van der Waals surface area contributed by atoms with Crippen LogP contribution in [0, 0.1) is 0 Å². The van der Waals surface area contributed by atoms with Gasteiger partial charge in [0.25, 0.3) is 0 Å². The number of amides is 2. The van der Waals surface area contributed by atoms with Crippen molar-refractivity contribution in [2.75, 3.05) is 17.7 Å². The Morgan fingerprint density at radius 3 is 2.47 bits per heavy atom. The van der Waals surface area contributed by atoms with E-state index in [1.54, 1.807) is 54.4 Å². The largest absolute Gasteiger partial charge is 0.481 e. The van der Waals surface area contributed by atoms with Crippen LogP contribution in [0.15, 0.2) is 73.3 Å². The fraction of sp³-hybridized carbons (Fsp3) is 0.0417. The molecule has 2 amide bonds. The summed E-state index contributed by atoms with van der Waals surface area (Å²) in [6.45, 7) is 0. The maximum absolute atomic E-state index is 12.2. The summed E-state index contributed by atoms with van der Waals surface area (Å²) in [5, 5.41) is 10.4. The van der Waals surface area contributed by atoms with E-state index in [4.69, 9.17) is 32.7 Å². The number of carbonyl (C=O) groups is 1. The Morgan fingerprint density at radius 1 is 0.972 bits per heavy atom. The quantitative estimate of drug-likeness (QED) is 0.284. The van der Waals surface area contributed by atoms with Crippen molar-refractivity contribution in [1.29, 1.82) is 0 Å². The van der Waals surface area contributed by atoms with Crippen molar-refractivity contribution >= 4 is 46.3 Å². The molecule has 3 heterocycles. The fourth-order valence-corrected chi connectivity index (χ4v) is 3.74. The van der Waals surface area contributed by atoms with E-state index in [1.165, 1.54) is 18.5 Å². The van der Waals surface area contributed by atoms with E-state index < -0.39 is 6.03 Å². The van der Waals surface area contributed by atoms with Crippen molar-refractivity contribution in [3.05, 3.63) is 83.4 Å². The summed E-state index contributed by atoms with van der Waals surface area (Å²) >= 11 is 11.9. The topological polar surface area (TPSA) is 116 Å². The van der Waals surface area contributed by atoms with Crippen LogP contribution < -0.4 is 20.1 Å². The Labute approximate surface area is 214 Å².